The second-order valence-electron chi connectivity index (χ2n) is 10.9. The van der Waals surface area contributed by atoms with Crippen molar-refractivity contribution < 1.29 is 9.84 Å². The van der Waals surface area contributed by atoms with Gasteiger partial charge in [0.25, 0.3) is 0 Å². The van der Waals surface area contributed by atoms with Gasteiger partial charge in [0.1, 0.15) is 18.1 Å². The lowest BCUT2D eigenvalue weighted by molar-refractivity contribution is 0.238. The molecule has 0 radical (unpaired) electrons. The van der Waals surface area contributed by atoms with E-state index in [0.717, 1.165) is 36.6 Å². The molecule has 1 N–H and O–H groups in total. The highest BCUT2D eigenvalue weighted by Crippen LogP contribution is 2.41. The summed E-state index contributed by atoms with van der Waals surface area (Å²) in [5, 5.41) is 11.4. The Labute approximate surface area is 230 Å². The van der Waals surface area contributed by atoms with Crippen molar-refractivity contribution in [1.29, 1.82) is 0 Å². The third-order valence-electron chi connectivity index (χ3n) is 8.15. The lowest BCUT2D eigenvalue weighted by atomic mass is 9.96. The molecule has 38 heavy (non-hydrogen) atoms. The molecule has 198 valence electrons. The van der Waals surface area contributed by atoms with E-state index in [1.165, 1.54) is 89.9 Å². The molecule has 2 aliphatic rings. The van der Waals surface area contributed by atoms with Gasteiger partial charge in [0.15, 0.2) is 0 Å². The topological polar surface area (TPSA) is 35.9 Å². The number of ether oxygens (including phenoxy) is 1. The molecule has 0 spiro atoms. The summed E-state index contributed by atoms with van der Waals surface area (Å²) in [7, 11) is 0. The first-order valence-electron chi connectivity index (χ1n) is 14.1. The molecule has 6 rings (SSSR count). The van der Waals surface area contributed by atoms with Gasteiger partial charge < -0.3 is 9.84 Å². The minimum atomic E-state index is 0.320. The van der Waals surface area contributed by atoms with Gasteiger partial charge in [0.05, 0.1) is 0 Å². The number of aryl methyl sites for hydroxylation is 1. The molecule has 0 saturated carbocycles. The average molecular weight is 527 g/mol. The monoisotopic (exact) mass is 526 g/mol. The normalized spacial score (nSPS) is 16.6. The summed E-state index contributed by atoms with van der Waals surface area (Å²) in [5.74, 6) is 1.25. The molecule has 1 aromatic heterocycles. The molecule has 2 aliphatic heterocycles. The van der Waals surface area contributed by atoms with E-state index in [2.05, 4.69) is 65.3 Å². The summed E-state index contributed by atoms with van der Waals surface area (Å²) in [4.78, 5) is 6.32. The Kier molecular flexibility index (Phi) is 7.68. The van der Waals surface area contributed by atoms with E-state index in [-0.39, 0.29) is 0 Å². The predicted octanol–water partition coefficient (Wildman–Crippen LogP) is 7.24. The van der Waals surface area contributed by atoms with Crippen LogP contribution in [0.1, 0.15) is 47.9 Å². The maximum absolute atomic E-state index is 10.2. The van der Waals surface area contributed by atoms with Gasteiger partial charge in [-0.3, -0.25) is 9.80 Å². The SMILES string of the molecule is Cc1cc(Cc2c(-c3ccc(OCCN4CCCC4)cc3)sc3cc(O)ccc23)ccc1CN1CCCC1. The van der Waals surface area contributed by atoms with Gasteiger partial charge in [-0.15, -0.1) is 11.3 Å². The second kappa shape index (κ2) is 11.5. The predicted molar refractivity (Wildman–Crippen MR) is 159 cm³/mol. The van der Waals surface area contributed by atoms with Gasteiger partial charge in [0.2, 0.25) is 0 Å². The largest absolute Gasteiger partial charge is 0.508 e. The van der Waals surface area contributed by atoms with Gasteiger partial charge >= 0.3 is 0 Å². The van der Waals surface area contributed by atoms with Gasteiger partial charge in [-0.1, -0.05) is 18.2 Å². The molecule has 0 amide bonds. The molecule has 3 aromatic carbocycles. The molecule has 0 unspecified atom stereocenters. The van der Waals surface area contributed by atoms with Crippen molar-refractivity contribution in [1.82, 2.24) is 9.80 Å². The highest BCUT2D eigenvalue weighted by atomic mass is 32.1. The molecule has 0 aliphatic carbocycles. The van der Waals surface area contributed by atoms with Crippen LogP contribution in [0.4, 0.5) is 0 Å². The Hall–Kier alpha value is -2.86. The zero-order valence-electron chi connectivity index (χ0n) is 22.4. The van der Waals surface area contributed by atoms with Crippen LogP contribution in [0.2, 0.25) is 0 Å². The molecule has 5 heteroatoms. The summed E-state index contributed by atoms with van der Waals surface area (Å²) in [6.45, 7) is 9.90. The molecular formula is C33H38N2O2S. The Bertz CT molecular complexity index is 1380. The fraction of sp³-hybridized carbons (Fsp3) is 0.394. The van der Waals surface area contributed by atoms with Crippen LogP contribution in [-0.2, 0) is 13.0 Å². The Morgan fingerprint density at radius 2 is 1.58 bits per heavy atom. The number of aromatic hydroxyl groups is 1. The van der Waals surface area contributed by atoms with E-state index in [1.54, 1.807) is 11.3 Å². The number of hydrogen-bond donors (Lipinski definition) is 1. The number of rotatable bonds is 9. The number of thiophene rings is 1. The van der Waals surface area contributed by atoms with Gasteiger partial charge in [0, 0.05) is 22.7 Å². The third kappa shape index (κ3) is 5.75. The molecule has 2 fully saturated rings. The van der Waals surface area contributed by atoms with Crippen LogP contribution >= 0.6 is 11.3 Å². The molecule has 4 aromatic rings. The maximum Gasteiger partial charge on any atom is 0.119 e. The van der Waals surface area contributed by atoms with Crippen LogP contribution in [0.3, 0.4) is 0 Å². The highest BCUT2D eigenvalue weighted by molar-refractivity contribution is 7.22. The minimum Gasteiger partial charge on any atom is -0.508 e. The van der Waals surface area contributed by atoms with Crippen molar-refractivity contribution in [3.05, 3.63) is 82.9 Å². The van der Waals surface area contributed by atoms with Crippen molar-refractivity contribution in [2.45, 2.75) is 45.6 Å². The maximum atomic E-state index is 10.2. The van der Waals surface area contributed by atoms with Crippen LogP contribution in [0.25, 0.3) is 20.5 Å². The molecule has 0 bridgehead atoms. The Morgan fingerprint density at radius 3 is 2.32 bits per heavy atom. The smallest absolute Gasteiger partial charge is 0.119 e. The molecule has 2 saturated heterocycles. The number of phenolic OH excluding ortho intramolecular Hbond substituents is 1. The van der Waals surface area contributed by atoms with E-state index < -0.39 is 0 Å². The summed E-state index contributed by atoms with van der Waals surface area (Å²) >= 11 is 1.77. The molecule has 3 heterocycles. The highest BCUT2D eigenvalue weighted by Gasteiger charge is 2.17. The van der Waals surface area contributed by atoms with Crippen molar-refractivity contribution >= 4 is 21.4 Å². The molecule has 4 nitrogen and oxygen atoms in total. The third-order valence-corrected chi connectivity index (χ3v) is 9.39. The van der Waals surface area contributed by atoms with Crippen LogP contribution < -0.4 is 4.74 Å². The second-order valence-corrected chi connectivity index (χ2v) is 12.0. The van der Waals surface area contributed by atoms with Crippen molar-refractivity contribution in [3.8, 4) is 21.9 Å². The number of phenols is 1. The lowest BCUT2D eigenvalue weighted by Crippen LogP contribution is -2.25. The number of fused-ring (bicyclic) bond motifs is 1. The zero-order valence-corrected chi connectivity index (χ0v) is 23.2. The van der Waals surface area contributed by atoms with Crippen molar-refractivity contribution in [3.63, 3.8) is 0 Å². The first-order chi connectivity index (χ1) is 18.6. The summed E-state index contributed by atoms with van der Waals surface area (Å²) < 4.78 is 7.18. The van der Waals surface area contributed by atoms with E-state index in [9.17, 15) is 5.11 Å². The van der Waals surface area contributed by atoms with Crippen LogP contribution in [0.15, 0.2) is 60.7 Å². The quantitative estimate of drug-likeness (QED) is 0.249. The van der Waals surface area contributed by atoms with E-state index in [1.807, 2.05) is 12.1 Å². The van der Waals surface area contributed by atoms with Gasteiger partial charge in [-0.25, -0.2) is 0 Å². The summed E-state index contributed by atoms with van der Waals surface area (Å²) in [6, 6.07) is 21.4. The van der Waals surface area contributed by atoms with Crippen LogP contribution in [0.5, 0.6) is 11.5 Å². The minimum absolute atomic E-state index is 0.320. The Balaban J connectivity index is 1.23. The Morgan fingerprint density at radius 1 is 0.842 bits per heavy atom. The average Bonchev–Trinajstić information content (AvgIpc) is 3.69. The number of likely N-dealkylation sites (tertiary alicyclic amines) is 2. The van der Waals surface area contributed by atoms with E-state index in [4.69, 9.17) is 4.74 Å². The number of nitrogens with zero attached hydrogens (tertiary/aromatic N) is 2. The number of hydrogen-bond acceptors (Lipinski definition) is 5. The standard InChI is InChI=1S/C33H38N2O2S/c1-24-20-25(6-7-27(24)23-35-16-4-5-17-35)21-31-30-13-10-28(36)22-32(30)38-33(31)26-8-11-29(12-9-26)37-19-18-34-14-2-3-15-34/h6-13,20,22,36H,2-5,14-19,21,23H2,1H3. The van der Waals surface area contributed by atoms with E-state index in [0.29, 0.717) is 5.75 Å². The summed E-state index contributed by atoms with van der Waals surface area (Å²) in [5.41, 5.74) is 6.69. The van der Waals surface area contributed by atoms with E-state index >= 15 is 0 Å². The van der Waals surface area contributed by atoms with Crippen LogP contribution in [-0.4, -0.2) is 54.2 Å². The molecule has 0 atom stereocenters. The first-order valence-corrected chi connectivity index (χ1v) is 14.9. The number of benzene rings is 3. The van der Waals surface area contributed by atoms with Gasteiger partial charge in [-0.05, 0) is 141 Å². The summed E-state index contributed by atoms with van der Waals surface area (Å²) in [6.07, 6.45) is 6.15. The lowest BCUT2D eigenvalue weighted by Gasteiger charge is -2.17. The fourth-order valence-electron chi connectivity index (χ4n) is 5.98. The van der Waals surface area contributed by atoms with Crippen molar-refractivity contribution in [2.75, 3.05) is 39.3 Å². The first kappa shape index (κ1) is 25.4. The van der Waals surface area contributed by atoms with Crippen LogP contribution in [0, 0.1) is 6.92 Å². The zero-order chi connectivity index (χ0) is 25.9. The molecular weight excluding hydrogens is 488 g/mol. The fourth-order valence-corrected chi connectivity index (χ4v) is 7.24. The van der Waals surface area contributed by atoms with Gasteiger partial charge in [-0.2, -0.15) is 0 Å². The van der Waals surface area contributed by atoms with Crippen molar-refractivity contribution in [2.24, 2.45) is 0 Å².